The maximum absolute atomic E-state index is 11.8. The molecule has 19 heavy (non-hydrogen) atoms. The van der Waals surface area contributed by atoms with E-state index in [1.165, 1.54) is 0 Å². The molecule has 0 radical (unpaired) electrons. The third-order valence-corrected chi connectivity index (χ3v) is 3.31. The summed E-state index contributed by atoms with van der Waals surface area (Å²) in [7, 11) is 0. The molecule has 0 saturated heterocycles. The predicted octanol–water partition coefficient (Wildman–Crippen LogP) is 2.43. The van der Waals surface area contributed by atoms with Crippen LogP contribution in [-0.2, 0) is 4.74 Å². The van der Waals surface area contributed by atoms with Crippen molar-refractivity contribution in [1.29, 1.82) is 0 Å². The van der Waals surface area contributed by atoms with E-state index in [4.69, 9.17) is 4.74 Å². The Morgan fingerprint density at radius 3 is 2.58 bits per heavy atom. The Balaban J connectivity index is 2.01. The highest BCUT2D eigenvalue weighted by Gasteiger charge is 2.56. The molecule has 2 N–H and O–H groups in total. The van der Waals surface area contributed by atoms with Crippen LogP contribution in [-0.4, -0.2) is 28.9 Å². The number of carbonyl (C=O) groups is 1. The second kappa shape index (κ2) is 4.85. The first-order valence-electron chi connectivity index (χ1n) is 6.53. The Hall–Kier alpha value is -1.55. The third kappa shape index (κ3) is 3.26. The minimum absolute atomic E-state index is 0.0776. The van der Waals surface area contributed by atoms with E-state index >= 15 is 0 Å². The van der Waals surface area contributed by atoms with Crippen LogP contribution in [0.25, 0.3) is 0 Å². The summed E-state index contributed by atoms with van der Waals surface area (Å²) in [6.45, 7) is 5.38. The molecule has 0 aliphatic heterocycles. The van der Waals surface area contributed by atoms with Gasteiger partial charge in [-0.2, -0.15) is 0 Å². The number of ether oxygens (including phenoxy) is 1. The molecule has 2 rings (SSSR count). The molecule has 2 atom stereocenters. The van der Waals surface area contributed by atoms with E-state index in [0.29, 0.717) is 0 Å². The van der Waals surface area contributed by atoms with Crippen molar-refractivity contribution in [3.8, 4) is 0 Å². The molecule has 1 amide bonds. The highest BCUT2D eigenvalue weighted by Crippen LogP contribution is 2.51. The molecule has 4 heteroatoms. The summed E-state index contributed by atoms with van der Waals surface area (Å²) >= 11 is 0. The Morgan fingerprint density at radius 2 is 2.05 bits per heavy atom. The average Bonchev–Trinajstić information content (AvgIpc) is 3.02. The molecular weight excluding hydrogens is 242 g/mol. The fourth-order valence-electron chi connectivity index (χ4n) is 2.29. The lowest BCUT2D eigenvalue weighted by Crippen LogP contribution is -2.43. The van der Waals surface area contributed by atoms with Crippen molar-refractivity contribution in [2.45, 2.75) is 44.2 Å². The summed E-state index contributed by atoms with van der Waals surface area (Å²) < 4.78 is 5.24. The Morgan fingerprint density at radius 1 is 1.42 bits per heavy atom. The van der Waals surface area contributed by atoms with Crippen molar-refractivity contribution in [3.05, 3.63) is 35.9 Å². The number of hydrogen-bond donors (Lipinski definition) is 2. The Kier molecular flexibility index (Phi) is 3.54. The first-order chi connectivity index (χ1) is 8.86. The van der Waals surface area contributed by atoms with E-state index in [1.54, 1.807) is 0 Å². The van der Waals surface area contributed by atoms with Crippen LogP contribution >= 0.6 is 0 Å². The molecule has 1 aliphatic rings. The van der Waals surface area contributed by atoms with Crippen molar-refractivity contribution in [2.24, 2.45) is 0 Å². The summed E-state index contributed by atoms with van der Waals surface area (Å²) in [5.74, 6) is 0.159. The van der Waals surface area contributed by atoms with Crippen LogP contribution in [0.15, 0.2) is 30.3 Å². The molecule has 104 valence electrons. The summed E-state index contributed by atoms with van der Waals surface area (Å²) in [6.07, 6.45) is 0.271. The van der Waals surface area contributed by atoms with E-state index in [1.807, 2.05) is 51.1 Å². The van der Waals surface area contributed by atoms with Gasteiger partial charge in [-0.15, -0.1) is 0 Å². The van der Waals surface area contributed by atoms with Gasteiger partial charge < -0.3 is 15.2 Å². The van der Waals surface area contributed by atoms with Gasteiger partial charge >= 0.3 is 6.09 Å². The predicted molar refractivity (Wildman–Crippen MR) is 73.0 cm³/mol. The van der Waals surface area contributed by atoms with E-state index in [9.17, 15) is 9.90 Å². The molecule has 1 fully saturated rings. The lowest BCUT2D eigenvalue weighted by Gasteiger charge is -2.23. The quantitative estimate of drug-likeness (QED) is 0.880. The SMILES string of the molecule is CC(C)(C)OC(=O)N[C@]1(CO)C[C@H]1c1ccccc1. The number of rotatable bonds is 3. The molecule has 4 nitrogen and oxygen atoms in total. The maximum Gasteiger partial charge on any atom is 0.408 e. The summed E-state index contributed by atoms with van der Waals surface area (Å²) in [4.78, 5) is 11.8. The normalized spacial score (nSPS) is 25.8. The van der Waals surface area contributed by atoms with E-state index in [-0.39, 0.29) is 12.5 Å². The van der Waals surface area contributed by atoms with Crippen molar-refractivity contribution < 1.29 is 14.6 Å². The number of hydrogen-bond acceptors (Lipinski definition) is 3. The number of nitrogens with one attached hydrogen (secondary N) is 1. The van der Waals surface area contributed by atoms with Crippen molar-refractivity contribution in [2.75, 3.05) is 6.61 Å². The number of carbonyl (C=O) groups excluding carboxylic acids is 1. The van der Waals surface area contributed by atoms with Gasteiger partial charge in [0.1, 0.15) is 5.60 Å². The largest absolute Gasteiger partial charge is 0.444 e. The van der Waals surface area contributed by atoms with Gasteiger partial charge in [-0.3, -0.25) is 0 Å². The summed E-state index contributed by atoms with van der Waals surface area (Å²) in [5, 5.41) is 12.4. The molecule has 1 aromatic carbocycles. The highest BCUT2D eigenvalue weighted by molar-refractivity contribution is 5.70. The molecule has 0 unspecified atom stereocenters. The van der Waals surface area contributed by atoms with Gasteiger partial charge in [-0.25, -0.2) is 4.79 Å². The first kappa shape index (κ1) is 13.9. The molecule has 0 aromatic heterocycles. The van der Waals surface area contributed by atoms with Crippen LogP contribution in [0.4, 0.5) is 4.79 Å². The topological polar surface area (TPSA) is 58.6 Å². The molecule has 1 saturated carbocycles. The number of aliphatic hydroxyl groups excluding tert-OH is 1. The highest BCUT2D eigenvalue weighted by atomic mass is 16.6. The Labute approximate surface area is 113 Å². The molecule has 1 aliphatic carbocycles. The second-order valence-electron chi connectivity index (χ2n) is 6.11. The van der Waals surface area contributed by atoms with Crippen LogP contribution in [0.2, 0.25) is 0 Å². The van der Waals surface area contributed by atoms with Crippen LogP contribution in [0.1, 0.15) is 38.7 Å². The number of aliphatic hydroxyl groups is 1. The van der Waals surface area contributed by atoms with Gasteiger partial charge in [-0.1, -0.05) is 30.3 Å². The first-order valence-corrected chi connectivity index (χ1v) is 6.53. The van der Waals surface area contributed by atoms with Gasteiger partial charge in [0.05, 0.1) is 12.1 Å². The molecule has 1 aromatic rings. The van der Waals surface area contributed by atoms with Crippen LogP contribution in [0, 0.1) is 0 Å². The maximum atomic E-state index is 11.8. The van der Waals surface area contributed by atoms with Crippen molar-refractivity contribution >= 4 is 6.09 Å². The third-order valence-electron chi connectivity index (χ3n) is 3.31. The fraction of sp³-hybridized carbons (Fsp3) is 0.533. The number of benzene rings is 1. The standard InChI is InChI=1S/C15H21NO3/c1-14(2,3)19-13(18)16-15(10-17)9-12(15)11-7-5-4-6-8-11/h4-8,12,17H,9-10H2,1-3H3,(H,16,18)/t12-,15-/m0/s1. The fourth-order valence-corrected chi connectivity index (χ4v) is 2.29. The van der Waals surface area contributed by atoms with Crippen molar-refractivity contribution in [1.82, 2.24) is 5.32 Å². The molecule has 0 bridgehead atoms. The molecule has 0 spiro atoms. The van der Waals surface area contributed by atoms with Gasteiger partial charge in [0, 0.05) is 5.92 Å². The van der Waals surface area contributed by atoms with Gasteiger partial charge in [0.15, 0.2) is 0 Å². The number of amides is 1. The van der Waals surface area contributed by atoms with Gasteiger partial charge in [-0.05, 0) is 32.8 Å². The monoisotopic (exact) mass is 263 g/mol. The van der Waals surface area contributed by atoms with E-state index in [0.717, 1.165) is 12.0 Å². The zero-order valence-corrected chi connectivity index (χ0v) is 11.6. The van der Waals surface area contributed by atoms with E-state index < -0.39 is 17.2 Å². The van der Waals surface area contributed by atoms with Gasteiger partial charge in [0.2, 0.25) is 0 Å². The van der Waals surface area contributed by atoms with Crippen LogP contribution in [0.3, 0.4) is 0 Å². The second-order valence-corrected chi connectivity index (χ2v) is 6.11. The van der Waals surface area contributed by atoms with E-state index in [2.05, 4.69) is 5.32 Å². The smallest absolute Gasteiger partial charge is 0.408 e. The minimum Gasteiger partial charge on any atom is -0.444 e. The van der Waals surface area contributed by atoms with Gasteiger partial charge in [0.25, 0.3) is 0 Å². The number of alkyl carbamates (subject to hydrolysis) is 1. The van der Waals surface area contributed by atoms with Crippen molar-refractivity contribution in [3.63, 3.8) is 0 Å². The average molecular weight is 263 g/mol. The molecule has 0 heterocycles. The molecular formula is C15H21NO3. The zero-order valence-electron chi connectivity index (χ0n) is 11.6. The zero-order chi connectivity index (χ0) is 14.1. The van der Waals surface area contributed by atoms with Crippen LogP contribution in [0.5, 0.6) is 0 Å². The Bertz CT molecular complexity index is 452. The lowest BCUT2D eigenvalue weighted by molar-refractivity contribution is 0.0467. The lowest BCUT2D eigenvalue weighted by atomic mass is 10.1. The summed E-state index contributed by atoms with van der Waals surface area (Å²) in [6, 6.07) is 9.90. The minimum atomic E-state index is -0.566. The summed E-state index contributed by atoms with van der Waals surface area (Å²) in [5.41, 5.74) is 0.0364. The van der Waals surface area contributed by atoms with Crippen LogP contribution < -0.4 is 5.32 Å².